The maximum atomic E-state index is 12.1. The van der Waals surface area contributed by atoms with Gasteiger partial charge < -0.3 is 10.6 Å². The first kappa shape index (κ1) is 14.5. The summed E-state index contributed by atoms with van der Waals surface area (Å²) in [6.45, 7) is 3.75. The molecule has 1 aliphatic rings. The van der Waals surface area contributed by atoms with E-state index in [1.54, 1.807) is 0 Å². The van der Waals surface area contributed by atoms with Crippen molar-refractivity contribution in [2.45, 2.75) is 38.8 Å². The van der Waals surface area contributed by atoms with E-state index in [1.807, 2.05) is 24.3 Å². The molecule has 1 aromatic rings. The van der Waals surface area contributed by atoms with Crippen molar-refractivity contribution >= 4 is 21.8 Å². The molecule has 1 aliphatic heterocycles. The van der Waals surface area contributed by atoms with Crippen molar-refractivity contribution in [2.75, 3.05) is 6.54 Å². The van der Waals surface area contributed by atoms with Gasteiger partial charge in [-0.1, -0.05) is 41.4 Å². The van der Waals surface area contributed by atoms with Gasteiger partial charge >= 0.3 is 0 Å². The second-order valence-corrected chi connectivity index (χ2v) is 6.07. The lowest BCUT2D eigenvalue weighted by Gasteiger charge is -2.28. The first-order valence-electron chi connectivity index (χ1n) is 6.94. The Morgan fingerprint density at radius 3 is 2.84 bits per heavy atom. The lowest BCUT2D eigenvalue weighted by atomic mass is 9.90. The minimum atomic E-state index is -0.0193. The average Bonchev–Trinajstić information content (AvgIpc) is 2.46. The fourth-order valence-electron chi connectivity index (χ4n) is 2.48. The Hall–Kier alpha value is -0.870. The van der Waals surface area contributed by atoms with Gasteiger partial charge in [0.05, 0.1) is 6.04 Å². The van der Waals surface area contributed by atoms with Gasteiger partial charge in [-0.2, -0.15) is 0 Å². The number of nitrogens with one attached hydrogen (secondary N) is 2. The zero-order chi connectivity index (χ0) is 13.7. The van der Waals surface area contributed by atoms with Crippen LogP contribution in [0, 0.1) is 5.92 Å². The van der Waals surface area contributed by atoms with E-state index in [4.69, 9.17) is 0 Å². The summed E-state index contributed by atoms with van der Waals surface area (Å²) in [7, 11) is 0. The largest absolute Gasteiger partial charge is 0.351 e. The molecule has 0 spiro atoms. The monoisotopic (exact) mass is 324 g/mol. The maximum absolute atomic E-state index is 12.1. The number of carbonyl (C=O) groups excluding carboxylic acids is 1. The standard InChI is InChI=1S/C15H21BrN2O/c1-2-11-7-8-17-14(9-11)15(19)18-10-12-3-5-13(16)6-4-12/h3-6,11,14,17H,2,7-10H2,1H3,(H,18,19). The lowest BCUT2D eigenvalue weighted by Crippen LogP contribution is -2.48. The van der Waals surface area contributed by atoms with Crippen LogP contribution in [0.4, 0.5) is 0 Å². The molecule has 0 saturated carbocycles. The van der Waals surface area contributed by atoms with Crippen LogP contribution in [-0.2, 0) is 11.3 Å². The summed E-state index contributed by atoms with van der Waals surface area (Å²) in [5.74, 6) is 0.811. The summed E-state index contributed by atoms with van der Waals surface area (Å²) in [4.78, 5) is 12.1. The van der Waals surface area contributed by atoms with Crippen molar-refractivity contribution in [3.63, 3.8) is 0 Å². The highest BCUT2D eigenvalue weighted by Crippen LogP contribution is 2.19. The van der Waals surface area contributed by atoms with E-state index in [-0.39, 0.29) is 11.9 Å². The normalized spacial score (nSPS) is 23.1. The Balaban J connectivity index is 1.82. The molecule has 1 heterocycles. The van der Waals surface area contributed by atoms with Gasteiger partial charge in [0.2, 0.25) is 5.91 Å². The van der Waals surface area contributed by atoms with Crippen LogP contribution in [0.15, 0.2) is 28.7 Å². The average molecular weight is 325 g/mol. The van der Waals surface area contributed by atoms with Gasteiger partial charge in [-0.25, -0.2) is 0 Å². The van der Waals surface area contributed by atoms with E-state index in [9.17, 15) is 4.79 Å². The molecule has 1 saturated heterocycles. The molecule has 1 amide bonds. The highest BCUT2D eigenvalue weighted by molar-refractivity contribution is 9.10. The van der Waals surface area contributed by atoms with Crippen LogP contribution < -0.4 is 10.6 Å². The van der Waals surface area contributed by atoms with E-state index >= 15 is 0 Å². The number of piperidine rings is 1. The third kappa shape index (κ3) is 4.32. The molecule has 19 heavy (non-hydrogen) atoms. The topological polar surface area (TPSA) is 41.1 Å². The molecule has 2 unspecified atom stereocenters. The number of carbonyl (C=O) groups is 1. The van der Waals surface area contributed by atoms with Gasteiger partial charge in [0.25, 0.3) is 0 Å². The van der Waals surface area contributed by atoms with Crippen LogP contribution in [0.25, 0.3) is 0 Å². The summed E-state index contributed by atoms with van der Waals surface area (Å²) in [6.07, 6.45) is 3.31. The summed E-state index contributed by atoms with van der Waals surface area (Å²) >= 11 is 3.41. The van der Waals surface area contributed by atoms with Crippen molar-refractivity contribution in [1.29, 1.82) is 0 Å². The highest BCUT2D eigenvalue weighted by atomic mass is 79.9. The molecule has 0 bridgehead atoms. The molecule has 0 aliphatic carbocycles. The number of benzene rings is 1. The first-order valence-corrected chi connectivity index (χ1v) is 7.74. The van der Waals surface area contributed by atoms with Crippen LogP contribution >= 0.6 is 15.9 Å². The third-order valence-corrected chi connectivity index (χ3v) is 4.31. The SMILES string of the molecule is CCC1CCNC(C(=O)NCc2ccc(Br)cc2)C1. The number of rotatable bonds is 4. The summed E-state index contributed by atoms with van der Waals surface area (Å²) in [5.41, 5.74) is 1.12. The predicted octanol–water partition coefficient (Wildman–Crippen LogP) is 2.84. The highest BCUT2D eigenvalue weighted by Gasteiger charge is 2.25. The molecule has 0 aromatic heterocycles. The smallest absolute Gasteiger partial charge is 0.237 e. The van der Waals surface area contributed by atoms with E-state index < -0.39 is 0 Å². The summed E-state index contributed by atoms with van der Waals surface area (Å²) in [5, 5.41) is 6.33. The second-order valence-electron chi connectivity index (χ2n) is 5.15. The van der Waals surface area contributed by atoms with Gasteiger partial charge in [0, 0.05) is 11.0 Å². The number of hydrogen-bond acceptors (Lipinski definition) is 2. The van der Waals surface area contributed by atoms with E-state index in [2.05, 4.69) is 33.5 Å². The minimum absolute atomic E-state index is 0.0193. The van der Waals surface area contributed by atoms with E-state index in [0.717, 1.165) is 29.4 Å². The fraction of sp³-hybridized carbons (Fsp3) is 0.533. The zero-order valence-corrected chi connectivity index (χ0v) is 12.9. The first-order chi connectivity index (χ1) is 9.19. The maximum Gasteiger partial charge on any atom is 0.237 e. The molecule has 2 N–H and O–H groups in total. The van der Waals surface area contributed by atoms with Crippen molar-refractivity contribution < 1.29 is 4.79 Å². The summed E-state index contributed by atoms with van der Waals surface area (Å²) in [6, 6.07) is 8.01. The fourth-order valence-corrected chi connectivity index (χ4v) is 2.75. The van der Waals surface area contributed by atoms with Crippen molar-refractivity contribution in [1.82, 2.24) is 10.6 Å². The number of halogens is 1. The third-order valence-electron chi connectivity index (χ3n) is 3.79. The van der Waals surface area contributed by atoms with Gasteiger partial charge in [-0.3, -0.25) is 4.79 Å². The second kappa shape index (κ2) is 7.06. The number of hydrogen-bond donors (Lipinski definition) is 2. The Morgan fingerprint density at radius 2 is 2.16 bits per heavy atom. The molecule has 1 aromatic carbocycles. The van der Waals surface area contributed by atoms with Crippen LogP contribution in [0.1, 0.15) is 31.7 Å². The predicted molar refractivity (Wildman–Crippen MR) is 80.8 cm³/mol. The lowest BCUT2D eigenvalue weighted by molar-refractivity contribution is -0.124. The summed E-state index contributed by atoms with van der Waals surface area (Å²) < 4.78 is 1.06. The quantitative estimate of drug-likeness (QED) is 0.894. The molecule has 1 fully saturated rings. The Bertz CT molecular complexity index is 419. The van der Waals surface area contributed by atoms with Crippen LogP contribution in [0.3, 0.4) is 0 Å². The molecule has 104 valence electrons. The zero-order valence-electron chi connectivity index (χ0n) is 11.3. The van der Waals surface area contributed by atoms with Crippen molar-refractivity contribution in [3.8, 4) is 0 Å². The van der Waals surface area contributed by atoms with Gasteiger partial charge in [0.1, 0.15) is 0 Å². The van der Waals surface area contributed by atoms with Gasteiger partial charge in [-0.15, -0.1) is 0 Å². The van der Waals surface area contributed by atoms with E-state index in [1.165, 1.54) is 6.42 Å². The molecule has 2 rings (SSSR count). The molecule has 0 radical (unpaired) electrons. The van der Waals surface area contributed by atoms with E-state index in [0.29, 0.717) is 12.5 Å². The van der Waals surface area contributed by atoms with Gasteiger partial charge in [-0.05, 0) is 43.0 Å². The minimum Gasteiger partial charge on any atom is -0.351 e. The number of amides is 1. The Kier molecular flexibility index (Phi) is 5.40. The van der Waals surface area contributed by atoms with Crippen molar-refractivity contribution in [3.05, 3.63) is 34.3 Å². The van der Waals surface area contributed by atoms with Crippen LogP contribution in [-0.4, -0.2) is 18.5 Å². The molecular formula is C15H21BrN2O. The molecule has 4 heteroatoms. The van der Waals surface area contributed by atoms with Crippen LogP contribution in [0.5, 0.6) is 0 Å². The Morgan fingerprint density at radius 1 is 1.42 bits per heavy atom. The Labute approximate surface area is 123 Å². The molecule has 2 atom stereocenters. The molecular weight excluding hydrogens is 304 g/mol. The van der Waals surface area contributed by atoms with Crippen LogP contribution in [0.2, 0.25) is 0 Å². The molecule has 3 nitrogen and oxygen atoms in total. The van der Waals surface area contributed by atoms with Gasteiger partial charge in [0.15, 0.2) is 0 Å². The van der Waals surface area contributed by atoms with Crippen molar-refractivity contribution in [2.24, 2.45) is 5.92 Å².